The first-order valence-corrected chi connectivity index (χ1v) is 7.31. The molecule has 3 N–H and O–H groups in total. The van der Waals surface area contributed by atoms with E-state index in [2.05, 4.69) is 10.5 Å². The maximum atomic E-state index is 11.9. The highest BCUT2D eigenvalue weighted by atomic mass is 16.5. The minimum absolute atomic E-state index is 0.233. The predicted molar refractivity (Wildman–Crippen MR) is 92.7 cm³/mol. The molecule has 2 rings (SSSR count). The van der Waals surface area contributed by atoms with Gasteiger partial charge in [-0.3, -0.25) is 4.79 Å². The molecule has 0 bridgehead atoms. The van der Waals surface area contributed by atoms with Crippen molar-refractivity contribution in [3.05, 3.63) is 59.7 Å². The summed E-state index contributed by atoms with van der Waals surface area (Å²) in [6.45, 7) is 5.99. The number of rotatable bonds is 4. The Kier molecular flexibility index (Phi) is 5.01. The molecule has 120 valence electrons. The summed E-state index contributed by atoms with van der Waals surface area (Å²) in [5.41, 5.74) is 9.81. The second kappa shape index (κ2) is 6.96. The van der Waals surface area contributed by atoms with Crippen LogP contribution in [0.3, 0.4) is 0 Å². The van der Waals surface area contributed by atoms with Gasteiger partial charge in [-0.2, -0.15) is 5.10 Å². The monoisotopic (exact) mass is 311 g/mol. The Morgan fingerprint density at radius 2 is 1.70 bits per heavy atom. The summed E-state index contributed by atoms with van der Waals surface area (Å²) in [6.07, 6.45) is 1.58. The van der Waals surface area contributed by atoms with E-state index >= 15 is 0 Å². The summed E-state index contributed by atoms with van der Waals surface area (Å²) >= 11 is 0. The maximum Gasteiger partial charge on any atom is 0.271 e. The normalized spacial score (nSPS) is 11.4. The van der Waals surface area contributed by atoms with E-state index in [1.165, 1.54) is 0 Å². The van der Waals surface area contributed by atoms with Crippen LogP contribution in [0.15, 0.2) is 53.6 Å². The van der Waals surface area contributed by atoms with E-state index in [1.807, 2.05) is 45.0 Å². The van der Waals surface area contributed by atoms with Crippen LogP contribution in [0.1, 0.15) is 36.7 Å². The lowest BCUT2D eigenvalue weighted by molar-refractivity contribution is 0.0955. The number of nitrogen functional groups attached to an aromatic ring is 1. The Bertz CT molecular complexity index is 684. The number of hydrogen-bond donors (Lipinski definition) is 2. The van der Waals surface area contributed by atoms with Crippen molar-refractivity contribution in [2.75, 3.05) is 5.73 Å². The molecule has 0 heterocycles. The smallest absolute Gasteiger partial charge is 0.271 e. The maximum absolute atomic E-state index is 11.9. The third-order valence-corrected chi connectivity index (χ3v) is 2.86. The second-order valence-electron chi connectivity index (χ2n) is 6.10. The van der Waals surface area contributed by atoms with E-state index in [0.717, 1.165) is 11.3 Å². The van der Waals surface area contributed by atoms with Gasteiger partial charge in [0, 0.05) is 11.3 Å². The van der Waals surface area contributed by atoms with E-state index in [1.54, 1.807) is 30.5 Å². The fourth-order valence-corrected chi connectivity index (χ4v) is 1.84. The van der Waals surface area contributed by atoms with Crippen LogP contribution in [0.5, 0.6) is 5.75 Å². The zero-order valence-corrected chi connectivity index (χ0v) is 13.5. The van der Waals surface area contributed by atoms with Crippen molar-refractivity contribution in [2.24, 2.45) is 5.10 Å². The van der Waals surface area contributed by atoms with Gasteiger partial charge < -0.3 is 10.5 Å². The average molecular weight is 311 g/mol. The number of nitrogens with one attached hydrogen (secondary N) is 1. The quantitative estimate of drug-likeness (QED) is 0.517. The third kappa shape index (κ3) is 5.47. The van der Waals surface area contributed by atoms with E-state index in [4.69, 9.17) is 10.5 Å². The van der Waals surface area contributed by atoms with Gasteiger partial charge in [-0.1, -0.05) is 0 Å². The Hall–Kier alpha value is -2.82. The van der Waals surface area contributed by atoms with E-state index in [-0.39, 0.29) is 11.5 Å². The van der Waals surface area contributed by atoms with Crippen LogP contribution in [0.4, 0.5) is 5.69 Å². The molecule has 2 aromatic rings. The number of benzene rings is 2. The first kappa shape index (κ1) is 16.5. The molecule has 0 fully saturated rings. The highest BCUT2D eigenvalue weighted by Crippen LogP contribution is 2.17. The van der Waals surface area contributed by atoms with Crippen LogP contribution >= 0.6 is 0 Å². The lowest BCUT2D eigenvalue weighted by Gasteiger charge is -2.21. The van der Waals surface area contributed by atoms with Gasteiger partial charge in [-0.25, -0.2) is 5.43 Å². The summed E-state index contributed by atoms with van der Waals surface area (Å²) in [4.78, 5) is 11.9. The molecule has 0 spiro atoms. The summed E-state index contributed by atoms with van der Waals surface area (Å²) in [6, 6.07) is 14.1. The molecule has 0 aliphatic rings. The predicted octanol–water partition coefficient (Wildman–Crippen LogP) is 3.21. The molecule has 0 aliphatic heterocycles. The van der Waals surface area contributed by atoms with Crippen molar-refractivity contribution in [2.45, 2.75) is 26.4 Å². The van der Waals surface area contributed by atoms with Gasteiger partial charge in [0.2, 0.25) is 0 Å². The number of hydrazone groups is 1. The van der Waals surface area contributed by atoms with Crippen LogP contribution in [0, 0.1) is 0 Å². The van der Waals surface area contributed by atoms with Crippen LogP contribution in [0.2, 0.25) is 0 Å². The summed E-state index contributed by atoms with van der Waals surface area (Å²) < 4.78 is 5.74. The topological polar surface area (TPSA) is 76.7 Å². The molecule has 5 heteroatoms. The number of amides is 1. The van der Waals surface area contributed by atoms with Gasteiger partial charge >= 0.3 is 0 Å². The zero-order chi connectivity index (χ0) is 16.9. The van der Waals surface area contributed by atoms with Crippen molar-refractivity contribution in [1.29, 1.82) is 0 Å². The molecule has 0 saturated carbocycles. The molecule has 0 aromatic heterocycles. The van der Waals surface area contributed by atoms with Gasteiger partial charge in [-0.05, 0) is 74.9 Å². The third-order valence-electron chi connectivity index (χ3n) is 2.86. The minimum Gasteiger partial charge on any atom is -0.488 e. The highest BCUT2D eigenvalue weighted by Gasteiger charge is 2.11. The Labute approximate surface area is 136 Å². The number of anilines is 1. The number of nitrogens with two attached hydrogens (primary N) is 1. The molecule has 1 amide bonds. The average Bonchev–Trinajstić information content (AvgIpc) is 2.48. The minimum atomic E-state index is -0.283. The van der Waals surface area contributed by atoms with Crippen molar-refractivity contribution in [3.8, 4) is 5.75 Å². The summed E-state index contributed by atoms with van der Waals surface area (Å²) in [5.74, 6) is 0.509. The van der Waals surface area contributed by atoms with Crippen LogP contribution in [-0.4, -0.2) is 17.7 Å². The van der Waals surface area contributed by atoms with Crippen molar-refractivity contribution < 1.29 is 9.53 Å². The largest absolute Gasteiger partial charge is 0.488 e. The standard InChI is InChI=1S/C18H21N3O2/c1-18(2,3)23-16-10-4-13(5-11-16)12-20-21-17(22)14-6-8-15(19)9-7-14/h4-12H,19H2,1-3H3,(H,21,22)/b20-12-. The number of carbonyl (C=O) groups excluding carboxylic acids is 1. The molecule has 2 aromatic carbocycles. The number of nitrogens with zero attached hydrogens (tertiary/aromatic N) is 1. The summed E-state index contributed by atoms with van der Waals surface area (Å²) in [5, 5.41) is 3.95. The molecule has 0 atom stereocenters. The van der Waals surface area contributed by atoms with E-state index < -0.39 is 0 Å². The molecular weight excluding hydrogens is 290 g/mol. The van der Waals surface area contributed by atoms with Crippen molar-refractivity contribution >= 4 is 17.8 Å². The zero-order valence-electron chi connectivity index (χ0n) is 13.5. The lowest BCUT2D eigenvalue weighted by atomic mass is 10.2. The van der Waals surface area contributed by atoms with Gasteiger partial charge in [-0.15, -0.1) is 0 Å². The molecular formula is C18H21N3O2. The molecule has 0 unspecified atom stereocenters. The highest BCUT2D eigenvalue weighted by molar-refractivity contribution is 5.95. The van der Waals surface area contributed by atoms with Crippen molar-refractivity contribution in [1.82, 2.24) is 5.43 Å². The Morgan fingerprint density at radius 3 is 2.26 bits per heavy atom. The van der Waals surface area contributed by atoms with Gasteiger partial charge in [0.05, 0.1) is 6.21 Å². The number of carbonyl (C=O) groups is 1. The van der Waals surface area contributed by atoms with Gasteiger partial charge in [0.15, 0.2) is 0 Å². The number of hydrogen-bond acceptors (Lipinski definition) is 4. The fourth-order valence-electron chi connectivity index (χ4n) is 1.84. The van der Waals surface area contributed by atoms with Crippen LogP contribution in [-0.2, 0) is 0 Å². The Morgan fingerprint density at radius 1 is 1.09 bits per heavy atom. The van der Waals surface area contributed by atoms with Gasteiger partial charge in [0.1, 0.15) is 11.4 Å². The number of ether oxygens (including phenoxy) is 1. The first-order chi connectivity index (χ1) is 10.8. The molecule has 0 aliphatic carbocycles. The van der Waals surface area contributed by atoms with Gasteiger partial charge in [0.25, 0.3) is 5.91 Å². The van der Waals surface area contributed by atoms with Crippen LogP contribution in [0.25, 0.3) is 0 Å². The van der Waals surface area contributed by atoms with E-state index in [9.17, 15) is 4.79 Å². The summed E-state index contributed by atoms with van der Waals surface area (Å²) in [7, 11) is 0. The van der Waals surface area contributed by atoms with Crippen molar-refractivity contribution in [3.63, 3.8) is 0 Å². The van der Waals surface area contributed by atoms with E-state index in [0.29, 0.717) is 11.3 Å². The second-order valence-corrected chi connectivity index (χ2v) is 6.10. The Balaban J connectivity index is 1.92. The SMILES string of the molecule is CC(C)(C)Oc1ccc(/C=N\NC(=O)c2ccc(N)cc2)cc1. The first-order valence-electron chi connectivity index (χ1n) is 7.31. The van der Waals surface area contributed by atoms with Crippen LogP contribution < -0.4 is 15.9 Å². The molecule has 0 radical (unpaired) electrons. The fraction of sp³-hybridized carbons (Fsp3) is 0.222. The molecule has 5 nitrogen and oxygen atoms in total. The molecule has 23 heavy (non-hydrogen) atoms. The molecule has 0 saturated heterocycles. The lowest BCUT2D eigenvalue weighted by Crippen LogP contribution is -2.22.